The highest BCUT2D eigenvalue weighted by atomic mass is 16.5. The Balaban J connectivity index is 2.92. The third kappa shape index (κ3) is 5.20. The van der Waals surface area contributed by atoms with Crippen LogP contribution in [0.1, 0.15) is 52.9 Å². The maximum absolute atomic E-state index is 11.6. The van der Waals surface area contributed by atoms with Gasteiger partial charge in [0.05, 0.1) is 24.4 Å². The molecule has 0 bridgehead atoms. The second-order valence-corrected chi connectivity index (χ2v) is 7.34. The number of aliphatic carboxylic acids is 2. The SMILES string of the molecule is C=C(COC/C(=C/C1(C(C)(C)C)CCCCC1)C(=O)O)C(=O)O. The highest BCUT2D eigenvalue weighted by Gasteiger charge is 2.41. The normalized spacial score (nSPS) is 18.5. The minimum Gasteiger partial charge on any atom is -0.478 e. The molecule has 1 fully saturated rings. The third-order valence-corrected chi connectivity index (χ3v) is 4.80. The minimum atomic E-state index is -1.13. The first-order valence-corrected chi connectivity index (χ1v) is 8.03. The molecule has 5 heteroatoms. The lowest BCUT2D eigenvalue weighted by atomic mass is 9.59. The van der Waals surface area contributed by atoms with E-state index < -0.39 is 11.9 Å². The van der Waals surface area contributed by atoms with Crippen LogP contribution in [-0.2, 0) is 14.3 Å². The highest BCUT2D eigenvalue weighted by molar-refractivity contribution is 5.87. The molecule has 0 atom stereocenters. The van der Waals surface area contributed by atoms with Gasteiger partial charge in [0.2, 0.25) is 0 Å². The van der Waals surface area contributed by atoms with Gasteiger partial charge in [-0.15, -0.1) is 0 Å². The molecule has 1 aliphatic rings. The molecule has 0 unspecified atom stereocenters. The molecule has 0 aliphatic heterocycles. The first-order valence-electron chi connectivity index (χ1n) is 8.03. The maximum atomic E-state index is 11.6. The summed E-state index contributed by atoms with van der Waals surface area (Å²) in [5.41, 5.74) is -0.0942. The van der Waals surface area contributed by atoms with Gasteiger partial charge < -0.3 is 14.9 Å². The van der Waals surface area contributed by atoms with Crippen LogP contribution in [0.3, 0.4) is 0 Å². The van der Waals surface area contributed by atoms with Gasteiger partial charge >= 0.3 is 11.9 Å². The molecule has 0 aromatic carbocycles. The van der Waals surface area contributed by atoms with Crippen molar-refractivity contribution in [2.75, 3.05) is 13.2 Å². The zero-order chi connectivity index (χ0) is 17.7. The Morgan fingerprint density at radius 3 is 2.09 bits per heavy atom. The predicted molar refractivity (Wildman–Crippen MR) is 88.3 cm³/mol. The van der Waals surface area contributed by atoms with Gasteiger partial charge in [0.25, 0.3) is 0 Å². The summed E-state index contributed by atoms with van der Waals surface area (Å²) in [5.74, 6) is -2.15. The van der Waals surface area contributed by atoms with E-state index in [9.17, 15) is 14.7 Å². The monoisotopic (exact) mass is 324 g/mol. The zero-order valence-electron chi connectivity index (χ0n) is 14.4. The summed E-state index contributed by atoms with van der Waals surface area (Å²) in [6.07, 6.45) is 7.17. The van der Waals surface area contributed by atoms with Crippen LogP contribution < -0.4 is 0 Å². The molecule has 5 nitrogen and oxygen atoms in total. The minimum absolute atomic E-state index is 0.0429. The van der Waals surface area contributed by atoms with E-state index in [0.29, 0.717) is 0 Å². The summed E-state index contributed by atoms with van der Waals surface area (Å²) in [4.78, 5) is 22.3. The molecule has 1 aliphatic carbocycles. The fourth-order valence-corrected chi connectivity index (χ4v) is 3.14. The van der Waals surface area contributed by atoms with Crippen molar-refractivity contribution >= 4 is 11.9 Å². The van der Waals surface area contributed by atoms with Gasteiger partial charge in [0, 0.05) is 0 Å². The second kappa shape index (κ2) is 7.77. The lowest BCUT2D eigenvalue weighted by molar-refractivity contribution is -0.133. The fraction of sp³-hybridized carbons (Fsp3) is 0.667. The molecule has 0 heterocycles. The Bertz CT molecular complexity index is 490. The number of carboxylic acids is 2. The van der Waals surface area contributed by atoms with E-state index in [4.69, 9.17) is 9.84 Å². The number of allylic oxidation sites excluding steroid dienone is 1. The van der Waals surface area contributed by atoms with Crippen LogP contribution in [0.4, 0.5) is 0 Å². The Morgan fingerprint density at radius 1 is 1.09 bits per heavy atom. The predicted octanol–water partition coefficient (Wildman–Crippen LogP) is 3.65. The molecule has 0 spiro atoms. The van der Waals surface area contributed by atoms with E-state index in [1.165, 1.54) is 6.42 Å². The standard InChI is InChI=1S/C18H28O5/c1-13(15(19)20)11-23-12-14(16(21)22)10-18(17(2,3)4)8-6-5-7-9-18/h10H,1,5-9,11-12H2,2-4H3,(H,19,20)(H,21,22)/b14-10-. The Hall–Kier alpha value is -1.62. The Morgan fingerprint density at radius 2 is 1.65 bits per heavy atom. The van der Waals surface area contributed by atoms with Crippen molar-refractivity contribution in [3.63, 3.8) is 0 Å². The lowest BCUT2D eigenvalue weighted by Crippen LogP contribution is -2.37. The van der Waals surface area contributed by atoms with Crippen molar-refractivity contribution in [2.24, 2.45) is 10.8 Å². The van der Waals surface area contributed by atoms with E-state index in [1.807, 2.05) is 6.08 Å². The average molecular weight is 324 g/mol. The molecular weight excluding hydrogens is 296 g/mol. The third-order valence-electron chi connectivity index (χ3n) is 4.80. The summed E-state index contributed by atoms with van der Waals surface area (Å²) in [7, 11) is 0. The lowest BCUT2D eigenvalue weighted by Gasteiger charge is -2.46. The van der Waals surface area contributed by atoms with Crippen LogP contribution in [0.2, 0.25) is 0 Å². The second-order valence-electron chi connectivity index (χ2n) is 7.34. The molecule has 23 heavy (non-hydrogen) atoms. The largest absolute Gasteiger partial charge is 0.478 e. The van der Waals surface area contributed by atoms with Gasteiger partial charge in [-0.3, -0.25) is 0 Å². The molecule has 0 aromatic rings. The number of hydrogen-bond acceptors (Lipinski definition) is 3. The van der Waals surface area contributed by atoms with Crippen LogP contribution >= 0.6 is 0 Å². The van der Waals surface area contributed by atoms with Crippen molar-refractivity contribution in [3.8, 4) is 0 Å². The van der Waals surface area contributed by atoms with Crippen molar-refractivity contribution in [1.29, 1.82) is 0 Å². The van der Waals surface area contributed by atoms with Crippen molar-refractivity contribution in [2.45, 2.75) is 52.9 Å². The number of hydrogen-bond donors (Lipinski definition) is 2. The first-order chi connectivity index (χ1) is 10.6. The van der Waals surface area contributed by atoms with Gasteiger partial charge in [-0.05, 0) is 23.7 Å². The summed E-state index contributed by atoms with van der Waals surface area (Å²) in [6, 6.07) is 0. The maximum Gasteiger partial charge on any atom is 0.333 e. The van der Waals surface area contributed by atoms with Crippen LogP contribution in [0, 0.1) is 10.8 Å². The van der Waals surface area contributed by atoms with Crippen molar-refractivity contribution in [3.05, 3.63) is 23.8 Å². The number of carboxylic acid groups (broad SMARTS) is 2. The number of rotatable bonds is 7. The van der Waals surface area contributed by atoms with Gasteiger partial charge in [0.15, 0.2) is 0 Å². The number of ether oxygens (including phenoxy) is 1. The van der Waals surface area contributed by atoms with Gasteiger partial charge in [-0.2, -0.15) is 0 Å². The van der Waals surface area contributed by atoms with Crippen LogP contribution in [0.15, 0.2) is 23.8 Å². The van der Waals surface area contributed by atoms with E-state index in [2.05, 4.69) is 27.4 Å². The molecule has 0 saturated heterocycles. The molecule has 1 saturated carbocycles. The van der Waals surface area contributed by atoms with Gasteiger partial charge in [-0.25, -0.2) is 9.59 Å². The molecular formula is C18H28O5. The first kappa shape index (κ1) is 19.4. The quantitative estimate of drug-likeness (QED) is 0.698. The van der Waals surface area contributed by atoms with Crippen LogP contribution in [-0.4, -0.2) is 35.4 Å². The van der Waals surface area contributed by atoms with Crippen LogP contribution in [0.5, 0.6) is 0 Å². The average Bonchev–Trinajstić information content (AvgIpc) is 2.45. The smallest absolute Gasteiger partial charge is 0.333 e. The summed E-state index contributed by atoms with van der Waals surface area (Å²) in [5, 5.41) is 18.2. The summed E-state index contributed by atoms with van der Waals surface area (Å²) < 4.78 is 5.25. The van der Waals surface area contributed by atoms with E-state index in [-0.39, 0.29) is 35.2 Å². The fourth-order valence-electron chi connectivity index (χ4n) is 3.14. The van der Waals surface area contributed by atoms with Crippen molar-refractivity contribution < 1.29 is 24.5 Å². The van der Waals surface area contributed by atoms with Crippen LogP contribution in [0.25, 0.3) is 0 Å². The molecule has 0 radical (unpaired) electrons. The molecule has 130 valence electrons. The van der Waals surface area contributed by atoms with Gasteiger partial charge in [-0.1, -0.05) is 52.7 Å². The topological polar surface area (TPSA) is 83.8 Å². The van der Waals surface area contributed by atoms with E-state index >= 15 is 0 Å². The molecule has 0 amide bonds. The molecule has 1 rings (SSSR count). The van der Waals surface area contributed by atoms with Crippen molar-refractivity contribution in [1.82, 2.24) is 0 Å². The van der Waals surface area contributed by atoms with E-state index in [0.717, 1.165) is 25.7 Å². The van der Waals surface area contributed by atoms with E-state index in [1.54, 1.807) is 0 Å². The summed E-state index contributed by atoms with van der Waals surface area (Å²) >= 11 is 0. The summed E-state index contributed by atoms with van der Waals surface area (Å²) in [6.45, 7) is 9.50. The highest BCUT2D eigenvalue weighted by Crippen LogP contribution is 2.51. The number of carbonyl (C=O) groups is 2. The molecule has 0 aromatic heterocycles. The Labute approximate surface area is 138 Å². The Kier molecular flexibility index (Phi) is 6.57. The zero-order valence-corrected chi connectivity index (χ0v) is 14.4. The van der Waals surface area contributed by atoms with Gasteiger partial charge in [0.1, 0.15) is 0 Å². The molecule has 2 N–H and O–H groups in total.